The third-order valence-electron chi connectivity index (χ3n) is 4.92. The van der Waals surface area contributed by atoms with Crippen LogP contribution >= 0.6 is 12.4 Å². The number of carbonyl (C=O) groups excluding carboxylic acids is 1. The number of nitro benzene ring substituents is 1. The van der Waals surface area contributed by atoms with Crippen molar-refractivity contribution in [3.63, 3.8) is 0 Å². The highest BCUT2D eigenvalue weighted by atomic mass is 35.5. The van der Waals surface area contributed by atoms with Gasteiger partial charge < -0.3 is 19.4 Å². The maximum absolute atomic E-state index is 13.2. The summed E-state index contributed by atoms with van der Waals surface area (Å²) in [7, 11) is 1.60. The van der Waals surface area contributed by atoms with E-state index in [0.29, 0.717) is 36.4 Å². The molecule has 1 unspecified atom stereocenters. The van der Waals surface area contributed by atoms with E-state index in [4.69, 9.17) is 9.15 Å². The number of ether oxygens (including phenoxy) is 1. The van der Waals surface area contributed by atoms with Gasteiger partial charge in [0.15, 0.2) is 5.76 Å². The summed E-state index contributed by atoms with van der Waals surface area (Å²) in [5.41, 5.74) is 1.32. The predicted octanol–water partition coefficient (Wildman–Crippen LogP) is 3.56. The Kier molecular flexibility index (Phi) is 6.05. The number of hydrogen-bond donors (Lipinski definition) is 1. The molecule has 152 valence electrons. The van der Waals surface area contributed by atoms with Crippen molar-refractivity contribution >= 4 is 35.0 Å². The molecule has 4 rings (SSSR count). The molecule has 0 bridgehead atoms. The average molecular weight is 418 g/mol. The molecule has 1 amide bonds. The van der Waals surface area contributed by atoms with Gasteiger partial charge in [0, 0.05) is 42.7 Å². The van der Waals surface area contributed by atoms with Crippen LogP contribution in [0.5, 0.6) is 5.75 Å². The van der Waals surface area contributed by atoms with E-state index in [1.54, 1.807) is 18.1 Å². The number of nitrogens with one attached hydrogen (secondary N) is 1. The summed E-state index contributed by atoms with van der Waals surface area (Å²) < 4.78 is 11.2. The van der Waals surface area contributed by atoms with Crippen LogP contribution in [-0.4, -0.2) is 42.5 Å². The van der Waals surface area contributed by atoms with Crippen molar-refractivity contribution in [1.82, 2.24) is 10.2 Å². The van der Waals surface area contributed by atoms with Crippen molar-refractivity contribution in [3.05, 3.63) is 70.0 Å². The Hall–Kier alpha value is -3.10. The van der Waals surface area contributed by atoms with E-state index >= 15 is 0 Å². The second kappa shape index (κ2) is 8.50. The monoisotopic (exact) mass is 417 g/mol. The molecule has 0 radical (unpaired) electrons. The number of benzene rings is 2. The SMILES string of the molecule is COc1ccccc1C1CNCCN1C(=O)c1cc2cc([N+](=O)[O-])ccc2o1.Cl. The van der Waals surface area contributed by atoms with E-state index in [2.05, 4.69) is 5.32 Å². The van der Waals surface area contributed by atoms with Gasteiger partial charge in [-0.25, -0.2) is 0 Å². The van der Waals surface area contributed by atoms with Crippen molar-refractivity contribution in [1.29, 1.82) is 0 Å². The Morgan fingerprint density at radius 2 is 2.07 bits per heavy atom. The van der Waals surface area contributed by atoms with Crippen LogP contribution in [0.3, 0.4) is 0 Å². The summed E-state index contributed by atoms with van der Waals surface area (Å²) in [6, 6.07) is 13.2. The molecule has 9 heteroatoms. The number of furan rings is 1. The molecule has 1 N–H and O–H groups in total. The highest BCUT2D eigenvalue weighted by Crippen LogP contribution is 2.32. The molecule has 1 aliphatic rings. The largest absolute Gasteiger partial charge is 0.496 e. The van der Waals surface area contributed by atoms with Crippen molar-refractivity contribution in [3.8, 4) is 5.75 Å². The zero-order valence-corrected chi connectivity index (χ0v) is 16.5. The van der Waals surface area contributed by atoms with Gasteiger partial charge in [0.1, 0.15) is 11.3 Å². The van der Waals surface area contributed by atoms with Gasteiger partial charge >= 0.3 is 0 Å². The van der Waals surface area contributed by atoms with Gasteiger partial charge in [0.25, 0.3) is 11.6 Å². The van der Waals surface area contributed by atoms with Gasteiger partial charge in [-0.2, -0.15) is 0 Å². The Labute approximate surface area is 173 Å². The number of methoxy groups -OCH3 is 1. The third kappa shape index (κ3) is 3.90. The van der Waals surface area contributed by atoms with E-state index in [1.807, 2.05) is 24.3 Å². The van der Waals surface area contributed by atoms with Crippen molar-refractivity contribution in [2.75, 3.05) is 26.7 Å². The minimum Gasteiger partial charge on any atom is -0.496 e. The third-order valence-corrected chi connectivity index (χ3v) is 4.92. The minimum atomic E-state index is -0.470. The zero-order valence-electron chi connectivity index (χ0n) is 15.7. The van der Waals surface area contributed by atoms with E-state index in [1.165, 1.54) is 18.2 Å². The molecule has 1 saturated heterocycles. The fourth-order valence-corrected chi connectivity index (χ4v) is 3.56. The van der Waals surface area contributed by atoms with Gasteiger partial charge in [-0.1, -0.05) is 18.2 Å². The molecule has 0 spiro atoms. The van der Waals surface area contributed by atoms with Crippen LogP contribution in [0, 0.1) is 10.1 Å². The first-order chi connectivity index (χ1) is 13.6. The Morgan fingerprint density at radius 3 is 2.83 bits per heavy atom. The van der Waals surface area contributed by atoms with Crippen molar-refractivity contribution in [2.45, 2.75) is 6.04 Å². The number of nitrogens with zero attached hydrogens (tertiary/aromatic N) is 2. The molecule has 3 aromatic rings. The number of nitro groups is 1. The fourth-order valence-electron chi connectivity index (χ4n) is 3.56. The molecule has 1 aromatic heterocycles. The second-order valence-electron chi connectivity index (χ2n) is 6.55. The van der Waals surface area contributed by atoms with Gasteiger partial charge in [0.2, 0.25) is 0 Å². The first kappa shape index (κ1) is 20.6. The van der Waals surface area contributed by atoms with Gasteiger partial charge in [0.05, 0.1) is 18.1 Å². The van der Waals surface area contributed by atoms with Crippen LogP contribution in [0.15, 0.2) is 52.9 Å². The number of fused-ring (bicyclic) bond motifs is 1. The van der Waals surface area contributed by atoms with E-state index in [0.717, 1.165) is 5.56 Å². The molecular weight excluding hydrogens is 398 g/mol. The standard InChI is InChI=1S/C20H19N3O5.ClH/c1-27-18-5-3-2-4-15(18)16-12-21-8-9-22(16)20(24)19-11-13-10-14(23(25)26)6-7-17(13)28-19;/h2-7,10-11,16,21H,8-9,12H2,1H3;1H. The number of hydrogen-bond acceptors (Lipinski definition) is 6. The highest BCUT2D eigenvalue weighted by Gasteiger charge is 2.32. The first-order valence-electron chi connectivity index (χ1n) is 8.91. The summed E-state index contributed by atoms with van der Waals surface area (Å²) in [6.07, 6.45) is 0. The minimum absolute atomic E-state index is 0. The first-order valence-corrected chi connectivity index (χ1v) is 8.91. The van der Waals surface area contributed by atoms with Crippen LogP contribution in [0.1, 0.15) is 22.2 Å². The molecule has 0 aliphatic carbocycles. The Morgan fingerprint density at radius 1 is 1.28 bits per heavy atom. The molecule has 1 aliphatic heterocycles. The normalized spacial score (nSPS) is 16.3. The number of amides is 1. The second-order valence-corrected chi connectivity index (χ2v) is 6.55. The molecule has 8 nitrogen and oxygen atoms in total. The summed E-state index contributed by atoms with van der Waals surface area (Å²) in [4.78, 5) is 25.5. The number of halogens is 1. The molecule has 2 heterocycles. The Balaban J connectivity index is 0.00000240. The lowest BCUT2D eigenvalue weighted by Gasteiger charge is -2.36. The maximum Gasteiger partial charge on any atom is 0.290 e. The van der Waals surface area contributed by atoms with Gasteiger partial charge in [-0.05, 0) is 18.2 Å². The van der Waals surface area contributed by atoms with E-state index in [-0.39, 0.29) is 35.8 Å². The lowest BCUT2D eigenvalue weighted by molar-refractivity contribution is -0.384. The summed E-state index contributed by atoms with van der Waals surface area (Å²) in [5.74, 6) is 0.628. The molecular formula is C20H20ClN3O5. The highest BCUT2D eigenvalue weighted by molar-refractivity contribution is 5.96. The molecule has 2 aromatic carbocycles. The van der Waals surface area contributed by atoms with E-state index < -0.39 is 4.92 Å². The summed E-state index contributed by atoms with van der Waals surface area (Å²) in [6.45, 7) is 1.78. The average Bonchev–Trinajstić information content (AvgIpc) is 3.16. The number of para-hydroxylation sites is 1. The topological polar surface area (TPSA) is 97.8 Å². The molecule has 0 saturated carbocycles. The number of non-ortho nitro benzene ring substituents is 1. The summed E-state index contributed by atoms with van der Waals surface area (Å²) >= 11 is 0. The fraction of sp³-hybridized carbons (Fsp3) is 0.250. The van der Waals surface area contributed by atoms with Crippen LogP contribution in [-0.2, 0) is 0 Å². The lowest BCUT2D eigenvalue weighted by atomic mass is 10.0. The lowest BCUT2D eigenvalue weighted by Crippen LogP contribution is -2.48. The zero-order chi connectivity index (χ0) is 19.7. The van der Waals surface area contributed by atoms with Crippen LogP contribution in [0.4, 0.5) is 5.69 Å². The molecule has 1 atom stereocenters. The van der Waals surface area contributed by atoms with E-state index in [9.17, 15) is 14.9 Å². The predicted molar refractivity (Wildman–Crippen MR) is 110 cm³/mol. The van der Waals surface area contributed by atoms with Crippen LogP contribution < -0.4 is 10.1 Å². The molecule has 29 heavy (non-hydrogen) atoms. The number of rotatable bonds is 4. The quantitative estimate of drug-likeness (QED) is 0.515. The van der Waals surface area contributed by atoms with Gasteiger partial charge in [-0.3, -0.25) is 14.9 Å². The van der Waals surface area contributed by atoms with Crippen molar-refractivity contribution in [2.24, 2.45) is 0 Å². The summed E-state index contributed by atoms with van der Waals surface area (Å²) in [5, 5.41) is 14.8. The maximum atomic E-state index is 13.2. The van der Waals surface area contributed by atoms with Crippen molar-refractivity contribution < 1.29 is 18.9 Å². The molecule has 1 fully saturated rings. The Bertz CT molecular complexity index is 1050. The van der Waals surface area contributed by atoms with Crippen LogP contribution in [0.25, 0.3) is 11.0 Å². The van der Waals surface area contributed by atoms with Crippen LogP contribution in [0.2, 0.25) is 0 Å². The number of piperazine rings is 1. The number of carbonyl (C=O) groups is 1. The van der Waals surface area contributed by atoms with Gasteiger partial charge in [-0.15, -0.1) is 12.4 Å². The smallest absolute Gasteiger partial charge is 0.290 e.